The molecule has 96 valence electrons. The number of alkyl halides is 2. The second-order valence-corrected chi connectivity index (χ2v) is 5.56. The van der Waals surface area contributed by atoms with Gasteiger partial charge in [-0.2, -0.15) is 0 Å². The molecule has 0 aliphatic heterocycles. The Kier molecular flexibility index (Phi) is 5.20. The van der Waals surface area contributed by atoms with Crippen LogP contribution in [0.2, 0.25) is 0 Å². The number of rotatable bonds is 6. The maximum atomic E-state index is 13.2. The Bertz CT molecular complexity index is 179. The number of hydrogen-bond donors (Lipinski definition) is 0. The van der Waals surface area contributed by atoms with Gasteiger partial charge in [0.05, 0.1) is 0 Å². The van der Waals surface area contributed by atoms with E-state index in [0.29, 0.717) is 0 Å². The van der Waals surface area contributed by atoms with E-state index >= 15 is 0 Å². The zero-order chi connectivity index (χ0) is 12.1. The molecule has 1 aliphatic carbocycles. The molecule has 0 saturated heterocycles. The molecule has 1 aliphatic rings. The van der Waals surface area contributed by atoms with E-state index in [9.17, 15) is 8.78 Å². The summed E-state index contributed by atoms with van der Waals surface area (Å²) in [6.45, 7) is 4.37. The highest BCUT2D eigenvalue weighted by Crippen LogP contribution is 2.49. The second kappa shape index (κ2) is 5.97. The van der Waals surface area contributed by atoms with Crippen molar-refractivity contribution in [1.82, 2.24) is 0 Å². The summed E-state index contributed by atoms with van der Waals surface area (Å²) in [5.41, 5.74) is 0.258. The highest BCUT2D eigenvalue weighted by molar-refractivity contribution is 4.88. The highest BCUT2D eigenvalue weighted by atomic mass is 19.3. The monoisotopic (exact) mass is 232 g/mol. The van der Waals surface area contributed by atoms with E-state index in [0.717, 1.165) is 12.8 Å². The molecule has 0 radical (unpaired) electrons. The van der Waals surface area contributed by atoms with Gasteiger partial charge >= 0.3 is 0 Å². The zero-order valence-corrected chi connectivity index (χ0v) is 10.8. The quantitative estimate of drug-likeness (QED) is 0.562. The van der Waals surface area contributed by atoms with Gasteiger partial charge in [-0.15, -0.1) is 0 Å². The SMILES string of the molecule is CCCCC1(CCCC)CCC(F)(F)CC1. The Labute approximate surface area is 98.8 Å². The van der Waals surface area contributed by atoms with Crippen LogP contribution in [0.25, 0.3) is 0 Å². The average molecular weight is 232 g/mol. The normalized spacial score (nSPS) is 23.2. The Balaban J connectivity index is 2.51. The van der Waals surface area contributed by atoms with Crippen LogP contribution >= 0.6 is 0 Å². The standard InChI is InChI=1S/C14H26F2/c1-3-5-7-13(8-6-4-2)9-11-14(15,16)12-10-13/h3-12H2,1-2H3. The van der Waals surface area contributed by atoms with E-state index in [-0.39, 0.29) is 18.3 Å². The van der Waals surface area contributed by atoms with Crippen molar-refractivity contribution in [3.8, 4) is 0 Å². The van der Waals surface area contributed by atoms with Gasteiger partial charge in [-0.05, 0) is 31.1 Å². The van der Waals surface area contributed by atoms with Crippen LogP contribution in [0, 0.1) is 5.41 Å². The van der Waals surface area contributed by atoms with E-state index in [1.807, 2.05) is 0 Å². The van der Waals surface area contributed by atoms with Crippen molar-refractivity contribution in [2.45, 2.75) is 84.0 Å². The molecule has 0 heterocycles. The summed E-state index contributed by atoms with van der Waals surface area (Å²) in [6.07, 6.45) is 8.86. The Morgan fingerprint density at radius 2 is 1.25 bits per heavy atom. The van der Waals surface area contributed by atoms with Crippen molar-refractivity contribution in [2.75, 3.05) is 0 Å². The fourth-order valence-electron chi connectivity index (χ4n) is 2.87. The molecule has 0 unspecified atom stereocenters. The molecule has 0 aromatic rings. The first-order chi connectivity index (χ1) is 7.54. The van der Waals surface area contributed by atoms with Gasteiger partial charge < -0.3 is 0 Å². The summed E-state index contributed by atoms with van der Waals surface area (Å²) in [4.78, 5) is 0. The van der Waals surface area contributed by atoms with Gasteiger partial charge in [0.15, 0.2) is 0 Å². The molecule has 1 fully saturated rings. The smallest absolute Gasteiger partial charge is 0.207 e. The van der Waals surface area contributed by atoms with E-state index < -0.39 is 5.92 Å². The van der Waals surface area contributed by atoms with Crippen molar-refractivity contribution in [3.63, 3.8) is 0 Å². The summed E-state index contributed by atoms with van der Waals surface area (Å²) in [6, 6.07) is 0. The van der Waals surface area contributed by atoms with Crippen molar-refractivity contribution >= 4 is 0 Å². The Hall–Kier alpha value is -0.140. The summed E-state index contributed by atoms with van der Waals surface area (Å²) in [7, 11) is 0. The van der Waals surface area contributed by atoms with E-state index in [4.69, 9.17) is 0 Å². The van der Waals surface area contributed by atoms with Crippen LogP contribution in [0.5, 0.6) is 0 Å². The highest BCUT2D eigenvalue weighted by Gasteiger charge is 2.42. The van der Waals surface area contributed by atoms with Crippen molar-refractivity contribution in [1.29, 1.82) is 0 Å². The first kappa shape index (κ1) is 13.9. The van der Waals surface area contributed by atoms with Gasteiger partial charge in [0.1, 0.15) is 0 Å². The minimum Gasteiger partial charge on any atom is -0.207 e. The minimum absolute atomic E-state index is 0.125. The molecule has 0 spiro atoms. The molecule has 0 aromatic carbocycles. The van der Waals surface area contributed by atoms with Crippen LogP contribution in [0.3, 0.4) is 0 Å². The van der Waals surface area contributed by atoms with Crippen LogP contribution in [0.1, 0.15) is 78.1 Å². The second-order valence-electron chi connectivity index (χ2n) is 5.56. The van der Waals surface area contributed by atoms with Crippen molar-refractivity contribution < 1.29 is 8.78 Å². The molecule has 0 bridgehead atoms. The molecule has 0 amide bonds. The van der Waals surface area contributed by atoms with Gasteiger partial charge in [0.2, 0.25) is 5.92 Å². The van der Waals surface area contributed by atoms with E-state index in [1.165, 1.54) is 38.5 Å². The third-order valence-corrected chi connectivity index (χ3v) is 4.16. The fourth-order valence-corrected chi connectivity index (χ4v) is 2.87. The fraction of sp³-hybridized carbons (Fsp3) is 1.00. The van der Waals surface area contributed by atoms with Gasteiger partial charge in [-0.3, -0.25) is 0 Å². The predicted octanol–water partition coefficient (Wildman–Crippen LogP) is 5.56. The topological polar surface area (TPSA) is 0 Å². The van der Waals surface area contributed by atoms with Gasteiger partial charge in [-0.1, -0.05) is 39.5 Å². The predicted molar refractivity (Wildman–Crippen MR) is 64.9 cm³/mol. The maximum Gasteiger partial charge on any atom is 0.248 e. The molecule has 0 nitrogen and oxygen atoms in total. The molecule has 0 atom stereocenters. The first-order valence-electron chi connectivity index (χ1n) is 6.91. The van der Waals surface area contributed by atoms with E-state index in [1.54, 1.807) is 0 Å². The maximum absolute atomic E-state index is 13.2. The third kappa shape index (κ3) is 4.03. The molecular formula is C14H26F2. The first-order valence-corrected chi connectivity index (χ1v) is 6.91. The number of hydrogen-bond acceptors (Lipinski definition) is 0. The third-order valence-electron chi connectivity index (χ3n) is 4.16. The summed E-state index contributed by atoms with van der Waals surface area (Å²) in [5, 5.41) is 0. The molecule has 2 heteroatoms. The summed E-state index contributed by atoms with van der Waals surface area (Å²) in [5.74, 6) is -2.37. The lowest BCUT2D eigenvalue weighted by Crippen LogP contribution is -2.33. The Morgan fingerprint density at radius 3 is 1.62 bits per heavy atom. The lowest BCUT2D eigenvalue weighted by molar-refractivity contribution is -0.0716. The zero-order valence-electron chi connectivity index (χ0n) is 10.8. The van der Waals surface area contributed by atoms with Crippen LogP contribution in [-0.4, -0.2) is 5.92 Å². The average Bonchev–Trinajstić information content (AvgIpc) is 2.27. The van der Waals surface area contributed by atoms with Crippen molar-refractivity contribution in [2.24, 2.45) is 5.41 Å². The molecule has 1 rings (SSSR count). The van der Waals surface area contributed by atoms with Crippen LogP contribution in [0.15, 0.2) is 0 Å². The molecular weight excluding hydrogens is 206 g/mol. The summed E-state index contributed by atoms with van der Waals surface area (Å²) >= 11 is 0. The van der Waals surface area contributed by atoms with Gasteiger partial charge in [0.25, 0.3) is 0 Å². The lowest BCUT2D eigenvalue weighted by atomic mass is 9.67. The van der Waals surface area contributed by atoms with Crippen LogP contribution in [0.4, 0.5) is 8.78 Å². The molecule has 0 aromatic heterocycles. The van der Waals surface area contributed by atoms with Crippen LogP contribution < -0.4 is 0 Å². The van der Waals surface area contributed by atoms with Crippen molar-refractivity contribution in [3.05, 3.63) is 0 Å². The minimum atomic E-state index is -2.37. The van der Waals surface area contributed by atoms with E-state index in [2.05, 4.69) is 13.8 Å². The molecule has 1 saturated carbocycles. The number of unbranched alkanes of at least 4 members (excludes halogenated alkanes) is 2. The number of halogens is 2. The molecule has 16 heavy (non-hydrogen) atoms. The lowest BCUT2D eigenvalue weighted by Gasteiger charge is -2.40. The molecule has 0 N–H and O–H groups in total. The van der Waals surface area contributed by atoms with Gasteiger partial charge in [-0.25, -0.2) is 8.78 Å². The summed E-state index contributed by atoms with van der Waals surface area (Å²) < 4.78 is 26.4. The Morgan fingerprint density at radius 1 is 0.812 bits per heavy atom. The van der Waals surface area contributed by atoms with Crippen LogP contribution in [-0.2, 0) is 0 Å². The van der Waals surface area contributed by atoms with Gasteiger partial charge in [0, 0.05) is 12.8 Å². The largest absolute Gasteiger partial charge is 0.248 e.